The van der Waals surface area contributed by atoms with Gasteiger partial charge in [-0.3, -0.25) is 9.78 Å². The van der Waals surface area contributed by atoms with Crippen molar-refractivity contribution in [2.45, 2.75) is 13.0 Å². The van der Waals surface area contributed by atoms with E-state index in [1.165, 1.54) is 6.39 Å². The maximum atomic E-state index is 12.5. The molecule has 0 fully saturated rings. The number of hydrogen-bond donors (Lipinski definition) is 1. The zero-order chi connectivity index (χ0) is 16.9. The SMILES string of the molecule is COc1ccc(-c2ocnc2C(=O)NC(C)c2ccncc2)cc1. The molecule has 0 aliphatic heterocycles. The highest BCUT2D eigenvalue weighted by atomic mass is 16.5. The molecule has 1 amide bonds. The summed E-state index contributed by atoms with van der Waals surface area (Å²) in [6.07, 6.45) is 4.65. The lowest BCUT2D eigenvalue weighted by Crippen LogP contribution is -2.27. The first kappa shape index (κ1) is 15.7. The van der Waals surface area contributed by atoms with Crippen LogP contribution < -0.4 is 10.1 Å². The summed E-state index contributed by atoms with van der Waals surface area (Å²) in [6, 6.07) is 10.8. The van der Waals surface area contributed by atoms with Gasteiger partial charge >= 0.3 is 0 Å². The summed E-state index contributed by atoms with van der Waals surface area (Å²) >= 11 is 0. The van der Waals surface area contributed by atoms with Crippen LogP contribution in [0.5, 0.6) is 5.75 Å². The van der Waals surface area contributed by atoms with Gasteiger partial charge in [0.15, 0.2) is 17.8 Å². The summed E-state index contributed by atoms with van der Waals surface area (Å²) in [5.41, 5.74) is 1.98. The predicted molar refractivity (Wildman–Crippen MR) is 88.6 cm³/mol. The average molecular weight is 323 g/mol. The van der Waals surface area contributed by atoms with Crippen LogP contribution in [0.25, 0.3) is 11.3 Å². The molecule has 6 nitrogen and oxygen atoms in total. The Labute approximate surface area is 139 Å². The molecule has 0 saturated carbocycles. The van der Waals surface area contributed by atoms with Crippen LogP contribution >= 0.6 is 0 Å². The molecule has 1 unspecified atom stereocenters. The van der Waals surface area contributed by atoms with Gasteiger partial charge in [-0.2, -0.15) is 0 Å². The van der Waals surface area contributed by atoms with Crippen LogP contribution in [-0.4, -0.2) is 23.0 Å². The molecule has 0 spiro atoms. The molecule has 2 aromatic heterocycles. The zero-order valence-electron chi connectivity index (χ0n) is 13.4. The number of amides is 1. The molecule has 3 aromatic rings. The minimum absolute atomic E-state index is 0.166. The Bertz CT molecular complexity index is 813. The number of nitrogens with one attached hydrogen (secondary N) is 1. The Kier molecular flexibility index (Phi) is 4.56. The maximum Gasteiger partial charge on any atom is 0.274 e. The number of carbonyl (C=O) groups excluding carboxylic acids is 1. The van der Waals surface area contributed by atoms with Crippen molar-refractivity contribution in [1.82, 2.24) is 15.3 Å². The number of ether oxygens (including phenoxy) is 1. The highest BCUT2D eigenvalue weighted by Gasteiger charge is 2.20. The Morgan fingerprint density at radius 1 is 1.17 bits per heavy atom. The first-order chi connectivity index (χ1) is 11.7. The van der Waals surface area contributed by atoms with Gasteiger partial charge in [0, 0.05) is 18.0 Å². The third-order valence-electron chi connectivity index (χ3n) is 3.69. The molecule has 2 heterocycles. The molecule has 1 atom stereocenters. The zero-order valence-corrected chi connectivity index (χ0v) is 13.4. The number of methoxy groups -OCH3 is 1. The van der Waals surface area contributed by atoms with Crippen LogP contribution in [0.4, 0.5) is 0 Å². The van der Waals surface area contributed by atoms with Gasteiger partial charge in [0.2, 0.25) is 0 Å². The van der Waals surface area contributed by atoms with E-state index in [1.807, 2.05) is 31.2 Å². The topological polar surface area (TPSA) is 77.2 Å². The van der Waals surface area contributed by atoms with E-state index in [9.17, 15) is 4.79 Å². The molecule has 0 saturated heterocycles. The Balaban J connectivity index is 1.80. The maximum absolute atomic E-state index is 12.5. The second-order valence-electron chi connectivity index (χ2n) is 5.23. The molecule has 122 valence electrons. The van der Waals surface area contributed by atoms with Crippen LogP contribution in [-0.2, 0) is 0 Å². The second kappa shape index (κ2) is 6.95. The van der Waals surface area contributed by atoms with Crippen LogP contribution in [0.1, 0.15) is 29.0 Å². The molecule has 0 aliphatic carbocycles. The van der Waals surface area contributed by atoms with Gasteiger partial charge in [-0.15, -0.1) is 0 Å². The van der Waals surface area contributed by atoms with Crippen molar-refractivity contribution in [1.29, 1.82) is 0 Å². The van der Waals surface area contributed by atoms with Crippen LogP contribution in [0.3, 0.4) is 0 Å². The van der Waals surface area contributed by atoms with Crippen molar-refractivity contribution in [3.63, 3.8) is 0 Å². The fraction of sp³-hybridized carbons (Fsp3) is 0.167. The summed E-state index contributed by atoms with van der Waals surface area (Å²) in [5, 5.41) is 2.92. The molecule has 0 bridgehead atoms. The lowest BCUT2D eigenvalue weighted by atomic mass is 10.1. The van der Waals surface area contributed by atoms with Gasteiger partial charge in [0.05, 0.1) is 13.2 Å². The number of carbonyl (C=O) groups is 1. The van der Waals surface area contributed by atoms with Crippen molar-refractivity contribution < 1.29 is 13.9 Å². The van der Waals surface area contributed by atoms with E-state index in [-0.39, 0.29) is 17.6 Å². The molecule has 1 N–H and O–H groups in total. The quantitative estimate of drug-likeness (QED) is 0.780. The van der Waals surface area contributed by atoms with Gasteiger partial charge in [-0.05, 0) is 48.9 Å². The van der Waals surface area contributed by atoms with Gasteiger partial charge in [-0.25, -0.2) is 4.98 Å². The van der Waals surface area contributed by atoms with Crippen molar-refractivity contribution in [3.05, 3.63) is 66.4 Å². The molecule has 3 rings (SSSR count). The number of aromatic nitrogens is 2. The van der Waals surface area contributed by atoms with Gasteiger partial charge in [0.25, 0.3) is 5.91 Å². The van der Waals surface area contributed by atoms with Gasteiger partial charge < -0.3 is 14.5 Å². The van der Waals surface area contributed by atoms with E-state index < -0.39 is 0 Å². The molecular weight excluding hydrogens is 306 g/mol. The van der Waals surface area contributed by atoms with E-state index in [4.69, 9.17) is 9.15 Å². The lowest BCUT2D eigenvalue weighted by molar-refractivity contribution is 0.0935. The van der Waals surface area contributed by atoms with Crippen molar-refractivity contribution in [3.8, 4) is 17.1 Å². The minimum atomic E-state index is -0.293. The largest absolute Gasteiger partial charge is 0.497 e. The molecule has 24 heavy (non-hydrogen) atoms. The van der Waals surface area contributed by atoms with Crippen LogP contribution in [0.15, 0.2) is 59.6 Å². The average Bonchev–Trinajstić information content (AvgIpc) is 3.12. The number of oxazole rings is 1. The van der Waals surface area contributed by atoms with E-state index in [0.717, 1.165) is 16.9 Å². The first-order valence-corrected chi connectivity index (χ1v) is 7.47. The molecule has 1 aromatic carbocycles. The number of nitrogens with zero attached hydrogens (tertiary/aromatic N) is 2. The minimum Gasteiger partial charge on any atom is -0.497 e. The van der Waals surface area contributed by atoms with Crippen molar-refractivity contribution in [2.75, 3.05) is 7.11 Å². The Morgan fingerprint density at radius 2 is 1.88 bits per heavy atom. The second-order valence-corrected chi connectivity index (χ2v) is 5.23. The monoisotopic (exact) mass is 323 g/mol. The number of rotatable bonds is 5. The predicted octanol–water partition coefficient (Wildman–Crippen LogP) is 3.24. The summed E-state index contributed by atoms with van der Waals surface area (Å²) in [6.45, 7) is 1.90. The summed E-state index contributed by atoms with van der Waals surface area (Å²) in [5.74, 6) is 0.867. The summed E-state index contributed by atoms with van der Waals surface area (Å²) in [4.78, 5) is 20.6. The Morgan fingerprint density at radius 3 is 2.54 bits per heavy atom. The third-order valence-corrected chi connectivity index (χ3v) is 3.69. The molecule has 6 heteroatoms. The fourth-order valence-electron chi connectivity index (χ4n) is 2.36. The van der Waals surface area contributed by atoms with Gasteiger partial charge in [-0.1, -0.05) is 0 Å². The lowest BCUT2D eigenvalue weighted by Gasteiger charge is -2.13. The highest BCUT2D eigenvalue weighted by Crippen LogP contribution is 2.25. The van der Waals surface area contributed by atoms with Crippen LogP contribution in [0, 0.1) is 0 Å². The fourth-order valence-corrected chi connectivity index (χ4v) is 2.36. The number of pyridine rings is 1. The smallest absolute Gasteiger partial charge is 0.274 e. The first-order valence-electron chi connectivity index (χ1n) is 7.47. The standard InChI is InChI=1S/C18H17N3O3/c1-12(13-7-9-19-10-8-13)21-18(22)16-17(24-11-20-16)14-3-5-15(23-2)6-4-14/h3-12H,1-2H3,(H,21,22). The van der Waals surface area contributed by atoms with Crippen LogP contribution in [0.2, 0.25) is 0 Å². The summed E-state index contributed by atoms with van der Waals surface area (Å²) in [7, 11) is 1.60. The highest BCUT2D eigenvalue weighted by molar-refractivity contribution is 5.97. The Hall–Kier alpha value is -3.15. The summed E-state index contributed by atoms with van der Waals surface area (Å²) < 4.78 is 10.5. The molecule has 0 aliphatic rings. The van der Waals surface area contributed by atoms with Gasteiger partial charge in [0.1, 0.15) is 5.75 Å². The number of hydrogen-bond acceptors (Lipinski definition) is 5. The van der Waals surface area contributed by atoms with E-state index >= 15 is 0 Å². The van der Waals surface area contributed by atoms with Crippen molar-refractivity contribution in [2.24, 2.45) is 0 Å². The molecular formula is C18H17N3O3. The van der Waals surface area contributed by atoms with E-state index in [1.54, 1.807) is 31.6 Å². The molecule has 0 radical (unpaired) electrons. The van der Waals surface area contributed by atoms with E-state index in [2.05, 4.69) is 15.3 Å². The normalized spacial score (nSPS) is 11.8. The van der Waals surface area contributed by atoms with E-state index in [0.29, 0.717) is 5.76 Å². The van der Waals surface area contributed by atoms with Crippen molar-refractivity contribution >= 4 is 5.91 Å². The third kappa shape index (κ3) is 3.27. The number of benzene rings is 1.